The van der Waals surface area contributed by atoms with Gasteiger partial charge in [-0.1, -0.05) is 0 Å². The van der Waals surface area contributed by atoms with E-state index in [9.17, 15) is 4.79 Å². The number of carbonyl (C=O) groups is 1. The lowest BCUT2D eigenvalue weighted by Gasteiger charge is -2.08. The zero-order valence-corrected chi connectivity index (χ0v) is 11.7. The average Bonchev–Trinajstić information content (AvgIpc) is 3.08. The summed E-state index contributed by atoms with van der Waals surface area (Å²) in [7, 11) is 1.40. The van der Waals surface area contributed by atoms with E-state index in [0.29, 0.717) is 11.5 Å². The maximum Gasteiger partial charge on any atom is 0.340 e. The molecule has 3 heterocycles. The first-order chi connectivity index (χ1) is 9.29. The number of fused-ring (bicyclic) bond motifs is 1. The Hall–Kier alpha value is -1.49. The molecule has 1 atom stereocenters. The standard InChI is InChI=1S/C14H16N2O2S/c1-18-14(17)11-3-2-5-16-12(11)8-15-13(16)7-10-4-6-19-9-10/h2-3,5,8,10H,4,6-7,9H2,1H3. The lowest BCUT2D eigenvalue weighted by atomic mass is 10.1. The van der Waals surface area contributed by atoms with Gasteiger partial charge < -0.3 is 9.14 Å². The first-order valence-electron chi connectivity index (χ1n) is 6.40. The molecule has 0 aromatic carbocycles. The SMILES string of the molecule is COC(=O)c1cccn2c(CC3CCSC3)ncc12. The Kier molecular flexibility index (Phi) is 3.46. The fourth-order valence-corrected chi connectivity index (χ4v) is 3.80. The fourth-order valence-electron chi connectivity index (χ4n) is 2.51. The van der Waals surface area contributed by atoms with Crippen LogP contribution < -0.4 is 0 Å². The van der Waals surface area contributed by atoms with Crippen LogP contribution in [-0.4, -0.2) is 34.0 Å². The molecule has 1 unspecified atom stereocenters. The summed E-state index contributed by atoms with van der Waals surface area (Å²) in [5, 5.41) is 0. The van der Waals surface area contributed by atoms with Crippen LogP contribution in [0.1, 0.15) is 22.6 Å². The van der Waals surface area contributed by atoms with E-state index >= 15 is 0 Å². The van der Waals surface area contributed by atoms with Crippen molar-refractivity contribution in [3.05, 3.63) is 35.9 Å². The third kappa shape index (κ3) is 2.34. The molecule has 100 valence electrons. The van der Waals surface area contributed by atoms with Gasteiger partial charge in [-0.15, -0.1) is 0 Å². The Morgan fingerprint density at radius 3 is 3.26 bits per heavy atom. The number of methoxy groups -OCH3 is 1. The number of thioether (sulfide) groups is 1. The molecule has 5 heteroatoms. The van der Waals surface area contributed by atoms with E-state index in [2.05, 4.69) is 4.98 Å². The molecule has 1 aliphatic rings. The van der Waals surface area contributed by atoms with E-state index in [4.69, 9.17) is 4.74 Å². The van der Waals surface area contributed by atoms with Crippen molar-refractivity contribution in [1.29, 1.82) is 0 Å². The Bertz CT molecular complexity index is 603. The van der Waals surface area contributed by atoms with E-state index in [1.165, 1.54) is 25.0 Å². The number of imidazole rings is 1. The van der Waals surface area contributed by atoms with Crippen molar-refractivity contribution in [2.45, 2.75) is 12.8 Å². The van der Waals surface area contributed by atoms with Crippen LogP contribution in [-0.2, 0) is 11.2 Å². The summed E-state index contributed by atoms with van der Waals surface area (Å²) in [6.07, 6.45) is 5.97. The molecule has 3 rings (SSSR count). The molecule has 0 spiro atoms. The third-order valence-corrected chi connectivity index (χ3v) is 4.78. The molecule has 2 aromatic heterocycles. The van der Waals surface area contributed by atoms with Crippen LogP contribution in [0.4, 0.5) is 0 Å². The van der Waals surface area contributed by atoms with Crippen LogP contribution in [0, 0.1) is 5.92 Å². The number of hydrogen-bond acceptors (Lipinski definition) is 4. The first-order valence-corrected chi connectivity index (χ1v) is 7.56. The van der Waals surface area contributed by atoms with Crippen LogP contribution >= 0.6 is 11.8 Å². The minimum atomic E-state index is -0.312. The predicted octanol–water partition coefficient (Wildman–Crippen LogP) is 2.42. The van der Waals surface area contributed by atoms with Gasteiger partial charge >= 0.3 is 5.97 Å². The minimum Gasteiger partial charge on any atom is -0.465 e. The van der Waals surface area contributed by atoms with E-state index < -0.39 is 0 Å². The van der Waals surface area contributed by atoms with Crippen molar-refractivity contribution < 1.29 is 9.53 Å². The maximum atomic E-state index is 11.7. The zero-order valence-electron chi connectivity index (χ0n) is 10.8. The molecular weight excluding hydrogens is 260 g/mol. The number of aromatic nitrogens is 2. The normalized spacial score (nSPS) is 18.9. The average molecular weight is 276 g/mol. The van der Waals surface area contributed by atoms with E-state index in [1.807, 2.05) is 28.4 Å². The highest BCUT2D eigenvalue weighted by Crippen LogP contribution is 2.26. The summed E-state index contributed by atoms with van der Waals surface area (Å²) >= 11 is 2.01. The second kappa shape index (κ2) is 5.25. The van der Waals surface area contributed by atoms with Crippen molar-refractivity contribution in [1.82, 2.24) is 9.38 Å². The Balaban J connectivity index is 1.96. The summed E-state index contributed by atoms with van der Waals surface area (Å²) in [5.41, 5.74) is 1.40. The van der Waals surface area contributed by atoms with Crippen LogP contribution in [0.5, 0.6) is 0 Å². The van der Waals surface area contributed by atoms with Crippen LogP contribution in [0.2, 0.25) is 0 Å². The summed E-state index contributed by atoms with van der Waals surface area (Å²) in [4.78, 5) is 16.2. The van der Waals surface area contributed by atoms with Crippen molar-refractivity contribution in [2.75, 3.05) is 18.6 Å². The number of carbonyl (C=O) groups excluding carboxylic acids is 1. The Morgan fingerprint density at radius 2 is 2.53 bits per heavy atom. The van der Waals surface area contributed by atoms with Gasteiger partial charge in [-0.25, -0.2) is 9.78 Å². The van der Waals surface area contributed by atoms with Crippen molar-refractivity contribution in [3.63, 3.8) is 0 Å². The predicted molar refractivity (Wildman–Crippen MR) is 75.7 cm³/mol. The third-order valence-electron chi connectivity index (χ3n) is 3.55. The number of hydrogen-bond donors (Lipinski definition) is 0. The summed E-state index contributed by atoms with van der Waals surface area (Å²) in [6.45, 7) is 0. The van der Waals surface area contributed by atoms with Crippen molar-refractivity contribution in [2.24, 2.45) is 5.92 Å². The van der Waals surface area contributed by atoms with Gasteiger partial charge in [0.05, 0.1) is 24.4 Å². The molecule has 0 bridgehead atoms. The zero-order chi connectivity index (χ0) is 13.2. The molecule has 0 saturated carbocycles. The Labute approximate surface area is 116 Å². The highest BCUT2D eigenvalue weighted by atomic mass is 32.2. The number of pyridine rings is 1. The molecule has 2 aromatic rings. The maximum absolute atomic E-state index is 11.7. The van der Waals surface area contributed by atoms with Crippen molar-refractivity contribution >= 4 is 23.2 Å². The minimum absolute atomic E-state index is 0.312. The molecule has 1 aliphatic heterocycles. The highest BCUT2D eigenvalue weighted by Gasteiger charge is 2.19. The number of rotatable bonds is 3. The molecule has 1 saturated heterocycles. The molecule has 0 amide bonds. The van der Waals surface area contributed by atoms with Crippen LogP contribution in [0.3, 0.4) is 0 Å². The molecule has 0 aliphatic carbocycles. The second-order valence-corrected chi connectivity index (χ2v) is 5.93. The van der Waals surface area contributed by atoms with E-state index in [0.717, 1.165) is 17.8 Å². The molecule has 19 heavy (non-hydrogen) atoms. The molecule has 0 N–H and O–H groups in total. The second-order valence-electron chi connectivity index (χ2n) is 4.78. The molecule has 0 radical (unpaired) electrons. The van der Waals surface area contributed by atoms with Crippen LogP contribution in [0.15, 0.2) is 24.5 Å². The summed E-state index contributed by atoms with van der Waals surface area (Å²) in [5.74, 6) is 3.89. The first kappa shape index (κ1) is 12.5. The topological polar surface area (TPSA) is 43.6 Å². The number of ether oxygens (including phenoxy) is 1. The molecule has 1 fully saturated rings. The van der Waals surface area contributed by atoms with Gasteiger partial charge in [-0.3, -0.25) is 0 Å². The fraction of sp³-hybridized carbons (Fsp3) is 0.429. The van der Waals surface area contributed by atoms with Gasteiger partial charge in [0.2, 0.25) is 0 Å². The molecule has 4 nitrogen and oxygen atoms in total. The summed E-state index contributed by atoms with van der Waals surface area (Å²) < 4.78 is 6.81. The van der Waals surface area contributed by atoms with E-state index in [1.54, 1.807) is 12.3 Å². The van der Waals surface area contributed by atoms with Gasteiger partial charge in [0.25, 0.3) is 0 Å². The monoisotopic (exact) mass is 276 g/mol. The van der Waals surface area contributed by atoms with Gasteiger partial charge in [-0.05, 0) is 36.0 Å². The Morgan fingerprint density at radius 1 is 1.63 bits per heavy atom. The largest absolute Gasteiger partial charge is 0.465 e. The van der Waals surface area contributed by atoms with Crippen LogP contribution in [0.25, 0.3) is 5.52 Å². The van der Waals surface area contributed by atoms with Gasteiger partial charge in [0, 0.05) is 12.6 Å². The number of nitrogens with zero attached hydrogens (tertiary/aromatic N) is 2. The highest BCUT2D eigenvalue weighted by molar-refractivity contribution is 7.99. The van der Waals surface area contributed by atoms with Gasteiger partial charge in [-0.2, -0.15) is 11.8 Å². The lowest BCUT2D eigenvalue weighted by molar-refractivity contribution is 0.0602. The quantitative estimate of drug-likeness (QED) is 0.808. The lowest BCUT2D eigenvalue weighted by Crippen LogP contribution is -2.08. The van der Waals surface area contributed by atoms with Gasteiger partial charge in [0.15, 0.2) is 0 Å². The smallest absolute Gasteiger partial charge is 0.340 e. The van der Waals surface area contributed by atoms with Gasteiger partial charge in [0.1, 0.15) is 5.82 Å². The van der Waals surface area contributed by atoms with E-state index in [-0.39, 0.29) is 5.97 Å². The van der Waals surface area contributed by atoms with Crippen molar-refractivity contribution in [3.8, 4) is 0 Å². The summed E-state index contributed by atoms with van der Waals surface area (Å²) in [6, 6.07) is 3.64. The molecular formula is C14H16N2O2S. The number of esters is 1.